The Hall–Kier alpha value is -0.410. The Labute approximate surface area is 183 Å². The first kappa shape index (κ1) is 28.6. The van der Waals surface area contributed by atoms with Gasteiger partial charge < -0.3 is 10.6 Å². The van der Waals surface area contributed by atoms with Crippen LogP contribution in [0, 0.1) is 29.1 Å². The highest BCUT2D eigenvalue weighted by Crippen LogP contribution is 2.35. The van der Waals surface area contributed by atoms with Crippen molar-refractivity contribution < 1.29 is 4.79 Å². The number of ketones is 1. The minimum Gasteiger partial charge on any atom is -0.310 e. The molecular formula is C26H54N2O. The smallest absolute Gasteiger partial charge is 0.141 e. The third kappa shape index (κ3) is 11.5. The van der Waals surface area contributed by atoms with Gasteiger partial charge in [-0.2, -0.15) is 0 Å². The zero-order valence-electron chi connectivity index (χ0n) is 22.3. The average Bonchev–Trinajstić information content (AvgIpc) is 2.45. The van der Waals surface area contributed by atoms with Crippen molar-refractivity contribution in [3.05, 3.63) is 0 Å². The largest absolute Gasteiger partial charge is 0.310 e. The minimum absolute atomic E-state index is 0.0927. The van der Waals surface area contributed by atoms with Crippen molar-refractivity contribution >= 4 is 5.78 Å². The molecule has 0 aromatic heterocycles. The number of hydrogen-bond acceptors (Lipinski definition) is 3. The Morgan fingerprint density at radius 1 is 0.724 bits per heavy atom. The van der Waals surface area contributed by atoms with E-state index in [1.54, 1.807) is 0 Å². The van der Waals surface area contributed by atoms with Gasteiger partial charge in [-0.15, -0.1) is 0 Å². The van der Waals surface area contributed by atoms with Gasteiger partial charge in [0.15, 0.2) is 0 Å². The first-order valence-corrected chi connectivity index (χ1v) is 11.8. The number of carbonyl (C=O) groups is 1. The van der Waals surface area contributed by atoms with Crippen LogP contribution in [0.3, 0.4) is 0 Å². The lowest BCUT2D eigenvalue weighted by molar-refractivity contribution is -0.130. The molecule has 0 fully saturated rings. The van der Waals surface area contributed by atoms with Crippen LogP contribution in [0.1, 0.15) is 110 Å². The average molecular weight is 411 g/mol. The minimum atomic E-state index is -0.271. The number of nitrogens with one attached hydrogen (secondary N) is 2. The molecular weight excluding hydrogens is 356 g/mol. The summed E-state index contributed by atoms with van der Waals surface area (Å²) in [6.07, 6.45) is 2.10. The molecule has 0 spiro atoms. The first-order valence-electron chi connectivity index (χ1n) is 11.8. The zero-order valence-corrected chi connectivity index (χ0v) is 22.3. The summed E-state index contributed by atoms with van der Waals surface area (Å²) in [7, 11) is 0. The molecule has 0 amide bonds. The van der Waals surface area contributed by atoms with E-state index >= 15 is 0 Å². The van der Waals surface area contributed by atoms with E-state index in [-0.39, 0.29) is 22.4 Å². The van der Waals surface area contributed by atoms with Crippen molar-refractivity contribution in [1.29, 1.82) is 0 Å². The number of hydrogen-bond donors (Lipinski definition) is 2. The van der Waals surface area contributed by atoms with Gasteiger partial charge in [-0.1, -0.05) is 41.5 Å². The lowest BCUT2D eigenvalue weighted by atomic mass is 9.70. The van der Waals surface area contributed by atoms with E-state index in [4.69, 9.17) is 0 Å². The van der Waals surface area contributed by atoms with E-state index in [2.05, 4.69) is 86.8 Å². The Bertz CT molecular complexity index is 492. The molecule has 0 radical (unpaired) electrons. The van der Waals surface area contributed by atoms with E-state index in [0.717, 1.165) is 12.8 Å². The summed E-state index contributed by atoms with van der Waals surface area (Å²) in [5.41, 5.74) is -0.0565. The molecule has 3 nitrogen and oxygen atoms in total. The summed E-state index contributed by atoms with van der Waals surface area (Å²) in [4.78, 5) is 12.9. The van der Waals surface area contributed by atoms with Gasteiger partial charge in [-0.05, 0) is 86.0 Å². The maximum Gasteiger partial charge on any atom is 0.141 e. The number of carbonyl (C=O) groups excluding carboxylic acids is 1. The molecule has 0 aliphatic carbocycles. The maximum atomic E-state index is 12.9. The van der Waals surface area contributed by atoms with Gasteiger partial charge in [0.05, 0.1) is 0 Å². The summed E-state index contributed by atoms with van der Waals surface area (Å²) in [5.74, 6) is 2.04. The van der Waals surface area contributed by atoms with Crippen molar-refractivity contribution in [2.45, 2.75) is 133 Å². The van der Waals surface area contributed by atoms with E-state index in [0.29, 0.717) is 35.6 Å². The van der Waals surface area contributed by atoms with Crippen molar-refractivity contribution in [3.8, 4) is 0 Å². The van der Waals surface area contributed by atoms with Crippen LogP contribution in [0.5, 0.6) is 0 Å². The third-order valence-electron chi connectivity index (χ3n) is 6.07. The molecule has 0 aliphatic rings. The van der Waals surface area contributed by atoms with Crippen LogP contribution in [0.2, 0.25) is 0 Å². The predicted octanol–water partition coefficient (Wildman–Crippen LogP) is 6.46. The molecule has 3 heteroatoms. The van der Waals surface area contributed by atoms with E-state index in [1.165, 1.54) is 0 Å². The molecule has 174 valence electrons. The van der Waals surface area contributed by atoms with Crippen LogP contribution in [-0.4, -0.2) is 28.9 Å². The Morgan fingerprint density at radius 3 is 1.55 bits per heavy atom. The summed E-state index contributed by atoms with van der Waals surface area (Å²) in [5, 5.41) is 7.51. The summed E-state index contributed by atoms with van der Waals surface area (Å²) >= 11 is 0. The second-order valence-corrected chi connectivity index (χ2v) is 13.0. The molecule has 6 unspecified atom stereocenters. The van der Waals surface area contributed by atoms with E-state index < -0.39 is 0 Å². The fourth-order valence-electron chi connectivity index (χ4n) is 4.94. The second-order valence-electron chi connectivity index (χ2n) is 13.0. The molecule has 0 bridgehead atoms. The molecule has 0 aromatic rings. The molecule has 0 saturated carbocycles. The molecule has 0 saturated heterocycles. The van der Waals surface area contributed by atoms with Gasteiger partial charge in [0, 0.05) is 34.5 Å². The standard InChI is InChI=1S/C26H54N2O/c1-17(15-19(3)27-25(9,10)11)22(16-18(2)23(29)24(6,7)8)20(4)21(5)28-26(12,13)14/h17-22,27-28H,15-16H2,1-14H3. The highest BCUT2D eigenvalue weighted by atomic mass is 16.1. The Morgan fingerprint density at radius 2 is 1.17 bits per heavy atom. The van der Waals surface area contributed by atoms with Crippen molar-refractivity contribution in [3.63, 3.8) is 0 Å². The normalized spacial score (nSPS) is 19.9. The van der Waals surface area contributed by atoms with Gasteiger partial charge in [0.1, 0.15) is 5.78 Å². The van der Waals surface area contributed by atoms with Gasteiger partial charge in [-0.25, -0.2) is 0 Å². The Balaban J connectivity index is 5.49. The lowest BCUT2D eigenvalue weighted by Crippen LogP contribution is -2.48. The maximum absolute atomic E-state index is 12.9. The van der Waals surface area contributed by atoms with Crippen molar-refractivity contribution in [1.82, 2.24) is 10.6 Å². The molecule has 0 aromatic carbocycles. The Kier molecular flexibility index (Phi) is 10.6. The first-order chi connectivity index (χ1) is 12.7. The zero-order chi connectivity index (χ0) is 23.4. The quantitative estimate of drug-likeness (QED) is 0.434. The predicted molar refractivity (Wildman–Crippen MR) is 129 cm³/mol. The SMILES string of the molecule is CC(CC(C)C(CC(C)C(=O)C(C)(C)C)C(C)C(C)NC(C)(C)C)NC(C)(C)C. The van der Waals surface area contributed by atoms with Gasteiger partial charge in [0.25, 0.3) is 0 Å². The highest BCUT2D eigenvalue weighted by Gasteiger charge is 2.35. The number of Topliss-reactive ketones (excluding diaryl/α,β-unsaturated/α-hetero) is 1. The fraction of sp³-hybridized carbons (Fsp3) is 0.962. The molecule has 2 N–H and O–H groups in total. The van der Waals surface area contributed by atoms with Gasteiger partial charge in [0.2, 0.25) is 0 Å². The molecule has 0 aliphatic heterocycles. The van der Waals surface area contributed by atoms with Crippen LogP contribution < -0.4 is 10.6 Å². The summed E-state index contributed by atoms with van der Waals surface area (Å²) in [6.45, 7) is 31.0. The molecule has 0 rings (SSSR count). The monoisotopic (exact) mass is 410 g/mol. The van der Waals surface area contributed by atoms with Gasteiger partial charge in [-0.3, -0.25) is 4.79 Å². The van der Waals surface area contributed by atoms with Gasteiger partial charge >= 0.3 is 0 Å². The molecule has 0 heterocycles. The van der Waals surface area contributed by atoms with Crippen LogP contribution in [0.15, 0.2) is 0 Å². The third-order valence-corrected chi connectivity index (χ3v) is 6.07. The van der Waals surface area contributed by atoms with Crippen molar-refractivity contribution in [2.24, 2.45) is 29.1 Å². The second kappa shape index (κ2) is 10.8. The topological polar surface area (TPSA) is 41.1 Å². The van der Waals surface area contributed by atoms with E-state index in [9.17, 15) is 4.79 Å². The van der Waals surface area contributed by atoms with Crippen LogP contribution in [0.25, 0.3) is 0 Å². The van der Waals surface area contributed by atoms with Crippen LogP contribution >= 0.6 is 0 Å². The highest BCUT2D eigenvalue weighted by molar-refractivity contribution is 5.85. The van der Waals surface area contributed by atoms with Crippen molar-refractivity contribution in [2.75, 3.05) is 0 Å². The van der Waals surface area contributed by atoms with E-state index in [1.807, 2.05) is 20.8 Å². The molecule has 6 atom stereocenters. The fourth-order valence-corrected chi connectivity index (χ4v) is 4.94. The van der Waals surface area contributed by atoms with Crippen LogP contribution in [-0.2, 0) is 4.79 Å². The summed E-state index contributed by atoms with van der Waals surface area (Å²) < 4.78 is 0. The molecule has 29 heavy (non-hydrogen) atoms. The lowest BCUT2D eigenvalue weighted by Gasteiger charge is -2.40. The number of rotatable bonds is 10. The van der Waals surface area contributed by atoms with Crippen LogP contribution in [0.4, 0.5) is 0 Å². The summed E-state index contributed by atoms with van der Waals surface area (Å²) in [6, 6.07) is 0.865.